The minimum absolute atomic E-state index is 0.0000904. The molecule has 2 amide bonds. The van der Waals surface area contributed by atoms with Gasteiger partial charge in [0.1, 0.15) is 0 Å². The molecule has 142 valence electrons. The van der Waals surface area contributed by atoms with E-state index in [9.17, 15) is 9.59 Å². The zero-order valence-corrected chi connectivity index (χ0v) is 17.2. The molecule has 0 aliphatic carbocycles. The molecule has 5 nitrogen and oxygen atoms in total. The first-order valence-corrected chi connectivity index (χ1v) is 9.87. The van der Waals surface area contributed by atoms with E-state index in [1.165, 1.54) is 4.90 Å². The maximum Gasteiger partial charge on any atom is 0.293 e. The number of thioether (sulfide) groups is 1. The van der Waals surface area contributed by atoms with Gasteiger partial charge in [0.2, 0.25) is 0 Å². The zero-order valence-electron chi connectivity index (χ0n) is 15.7. The van der Waals surface area contributed by atoms with E-state index in [4.69, 9.17) is 21.1 Å². The third-order valence-corrected chi connectivity index (χ3v) is 5.03. The third-order valence-electron chi connectivity index (χ3n) is 3.86. The van der Waals surface area contributed by atoms with Crippen LogP contribution in [0, 0.1) is 0 Å². The van der Waals surface area contributed by atoms with Gasteiger partial charge in [-0.3, -0.25) is 14.5 Å². The van der Waals surface area contributed by atoms with Crippen molar-refractivity contribution in [1.82, 2.24) is 4.90 Å². The molecule has 1 aromatic carbocycles. The molecule has 1 aromatic rings. The second-order valence-electron chi connectivity index (χ2n) is 6.25. The van der Waals surface area contributed by atoms with Crippen LogP contribution in [0.15, 0.2) is 17.0 Å². The number of carbonyl (C=O) groups is 2. The lowest BCUT2D eigenvalue weighted by Crippen LogP contribution is -2.34. The summed E-state index contributed by atoms with van der Waals surface area (Å²) >= 11 is 7.33. The van der Waals surface area contributed by atoms with Crippen LogP contribution in [0.2, 0.25) is 5.02 Å². The van der Waals surface area contributed by atoms with Gasteiger partial charge in [-0.05, 0) is 69.6 Å². The normalized spacial score (nSPS) is 17.3. The predicted octanol–water partition coefficient (Wildman–Crippen LogP) is 5.36. The number of imide groups is 1. The van der Waals surface area contributed by atoms with Crippen LogP contribution in [0.4, 0.5) is 4.79 Å². The molecule has 0 bridgehead atoms. The molecule has 1 aliphatic heterocycles. The summed E-state index contributed by atoms with van der Waals surface area (Å²) in [5, 5.41) is 0.148. The highest BCUT2D eigenvalue weighted by atomic mass is 35.5. The van der Waals surface area contributed by atoms with Crippen LogP contribution in [0.1, 0.15) is 46.6 Å². The van der Waals surface area contributed by atoms with Gasteiger partial charge in [0.25, 0.3) is 11.1 Å². The Morgan fingerprint density at radius 3 is 2.46 bits per heavy atom. The Morgan fingerprint density at radius 1 is 1.23 bits per heavy atom. The highest BCUT2D eigenvalue weighted by Crippen LogP contribution is 2.40. The molecule has 1 aliphatic rings. The minimum Gasteiger partial charge on any atom is -0.490 e. The van der Waals surface area contributed by atoms with Crippen molar-refractivity contribution in [1.29, 1.82) is 0 Å². The molecule has 7 heteroatoms. The summed E-state index contributed by atoms with van der Waals surface area (Å²) in [5.74, 6) is 0.731. The summed E-state index contributed by atoms with van der Waals surface area (Å²) in [7, 11) is 0. The Labute approximate surface area is 163 Å². The van der Waals surface area contributed by atoms with Gasteiger partial charge in [0.05, 0.1) is 22.6 Å². The molecule has 26 heavy (non-hydrogen) atoms. The van der Waals surface area contributed by atoms with Crippen LogP contribution in [0.25, 0.3) is 6.08 Å². The van der Waals surface area contributed by atoms with Crippen molar-refractivity contribution >= 4 is 40.6 Å². The van der Waals surface area contributed by atoms with Gasteiger partial charge in [0, 0.05) is 6.04 Å². The number of benzene rings is 1. The fourth-order valence-corrected chi connectivity index (χ4v) is 3.63. The standard InChI is InChI=1S/C19H24ClNO4S/c1-6-12(5)25-17-14(20)8-13(9-15(17)24-7-2)10-16-18(22)21(11(3)4)19(23)26-16/h8-12H,6-7H2,1-5H3/b16-10+/t12-/m0/s1. The van der Waals surface area contributed by atoms with Crippen molar-refractivity contribution in [2.75, 3.05) is 6.61 Å². The molecule has 0 N–H and O–H groups in total. The number of halogens is 1. The summed E-state index contributed by atoms with van der Waals surface area (Å²) in [6.45, 7) is 9.94. The average Bonchev–Trinajstić information content (AvgIpc) is 2.84. The van der Waals surface area contributed by atoms with Crippen molar-refractivity contribution < 1.29 is 19.1 Å². The van der Waals surface area contributed by atoms with E-state index in [0.717, 1.165) is 18.2 Å². The number of ether oxygens (including phenoxy) is 2. The van der Waals surface area contributed by atoms with Crippen LogP contribution in [-0.2, 0) is 4.79 Å². The summed E-state index contributed by atoms with van der Waals surface area (Å²) < 4.78 is 11.5. The molecular weight excluding hydrogens is 374 g/mol. The van der Waals surface area contributed by atoms with E-state index in [1.807, 2.05) is 34.6 Å². The number of rotatable bonds is 7. The number of hydrogen-bond acceptors (Lipinski definition) is 5. The monoisotopic (exact) mass is 397 g/mol. The largest absolute Gasteiger partial charge is 0.490 e. The van der Waals surface area contributed by atoms with E-state index in [0.29, 0.717) is 33.6 Å². The fraction of sp³-hybridized carbons (Fsp3) is 0.474. The van der Waals surface area contributed by atoms with Crippen molar-refractivity contribution in [3.63, 3.8) is 0 Å². The first-order valence-electron chi connectivity index (χ1n) is 8.68. The molecular formula is C19H24ClNO4S. The molecule has 0 saturated carbocycles. The fourth-order valence-electron chi connectivity index (χ4n) is 2.41. The van der Waals surface area contributed by atoms with Crippen LogP contribution in [-0.4, -0.2) is 34.8 Å². The van der Waals surface area contributed by atoms with Crippen LogP contribution in [0.5, 0.6) is 11.5 Å². The zero-order chi connectivity index (χ0) is 19.4. The first kappa shape index (κ1) is 20.6. The maximum absolute atomic E-state index is 12.4. The van der Waals surface area contributed by atoms with Crippen LogP contribution < -0.4 is 9.47 Å². The van der Waals surface area contributed by atoms with Crippen LogP contribution >= 0.6 is 23.4 Å². The van der Waals surface area contributed by atoms with E-state index >= 15 is 0 Å². The molecule has 0 spiro atoms. The predicted molar refractivity (Wildman–Crippen MR) is 106 cm³/mol. The second-order valence-corrected chi connectivity index (χ2v) is 7.65. The summed E-state index contributed by atoms with van der Waals surface area (Å²) in [5.41, 5.74) is 0.684. The highest BCUT2D eigenvalue weighted by Gasteiger charge is 2.36. The van der Waals surface area contributed by atoms with Gasteiger partial charge in [-0.15, -0.1) is 0 Å². The van der Waals surface area contributed by atoms with Gasteiger partial charge >= 0.3 is 0 Å². The lowest BCUT2D eigenvalue weighted by Gasteiger charge is -2.18. The molecule has 1 saturated heterocycles. The van der Waals surface area contributed by atoms with Gasteiger partial charge in [-0.25, -0.2) is 0 Å². The minimum atomic E-state index is -0.288. The van der Waals surface area contributed by atoms with Gasteiger partial charge in [-0.2, -0.15) is 0 Å². The molecule has 2 rings (SSSR count). The average molecular weight is 398 g/mol. The highest BCUT2D eigenvalue weighted by molar-refractivity contribution is 8.18. The third kappa shape index (κ3) is 4.54. The lowest BCUT2D eigenvalue weighted by atomic mass is 10.1. The Bertz CT molecular complexity index is 732. The molecule has 0 radical (unpaired) electrons. The van der Waals surface area contributed by atoms with Crippen molar-refractivity contribution in [3.8, 4) is 11.5 Å². The van der Waals surface area contributed by atoms with E-state index in [2.05, 4.69) is 0 Å². The second kappa shape index (κ2) is 8.82. The molecule has 0 aromatic heterocycles. The molecule has 1 atom stereocenters. The summed E-state index contributed by atoms with van der Waals surface area (Å²) in [6.07, 6.45) is 2.50. The molecule has 0 unspecified atom stereocenters. The van der Waals surface area contributed by atoms with Gasteiger partial charge in [0.15, 0.2) is 11.5 Å². The summed E-state index contributed by atoms with van der Waals surface area (Å²) in [4.78, 5) is 26.1. The number of hydrogen-bond donors (Lipinski definition) is 0. The Balaban J connectivity index is 2.39. The van der Waals surface area contributed by atoms with Gasteiger partial charge in [-0.1, -0.05) is 18.5 Å². The van der Waals surface area contributed by atoms with Crippen molar-refractivity contribution in [2.45, 2.75) is 53.2 Å². The van der Waals surface area contributed by atoms with Crippen LogP contribution in [0.3, 0.4) is 0 Å². The van der Waals surface area contributed by atoms with E-state index in [1.54, 1.807) is 18.2 Å². The summed E-state index contributed by atoms with van der Waals surface area (Å²) in [6, 6.07) is 3.31. The number of nitrogens with zero attached hydrogens (tertiary/aromatic N) is 1. The first-order chi connectivity index (χ1) is 12.3. The Kier molecular flexibility index (Phi) is 7.01. The van der Waals surface area contributed by atoms with E-state index in [-0.39, 0.29) is 23.3 Å². The lowest BCUT2D eigenvalue weighted by molar-refractivity contribution is -0.123. The molecule has 1 fully saturated rings. The number of amides is 2. The quantitative estimate of drug-likeness (QED) is 0.579. The number of carbonyl (C=O) groups excluding carboxylic acids is 2. The maximum atomic E-state index is 12.4. The van der Waals surface area contributed by atoms with Crippen molar-refractivity contribution in [3.05, 3.63) is 27.6 Å². The Hall–Kier alpha value is -1.66. The topological polar surface area (TPSA) is 55.8 Å². The van der Waals surface area contributed by atoms with Crippen molar-refractivity contribution in [2.24, 2.45) is 0 Å². The van der Waals surface area contributed by atoms with Gasteiger partial charge < -0.3 is 9.47 Å². The Morgan fingerprint density at radius 2 is 1.92 bits per heavy atom. The molecule has 1 heterocycles. The smallest absolute Gasteiger partial charge is 0.293 e. The SMILES string of the molecule is CCOc1cc(/C=C2/SC(=O)N(C(C)C)C2=O)cc(Cl)c1O[C@@H](C)CC. The van der Waals surface area contributed by atoms with E-state index < -0.39 is 0 Å².